The Labute approximate surface area is 378 Å². The molecule has 21 heteroatoms. The summed E-state index contributed by atoms with van der Waals surface area (Å²) >= 11 is 0. The van der Waals surface area contributed by atoms with Gasteiger partial charge in [-0.05, 0) is 61.1 Å². The molecule has 1 aliphatic rings. The van der Waals surface area contributed by atoms with Gasteiger partial charge >= 0.3 is 5.97 Å². The van der Waals surface area contributed by atoms with Gasteiger partial charge in [-0.3, -0.25) is 33.6 Å². The van der Waals surface area contributed by atoms with Gasteiger partial charge in [0.2, 0.25) is 41.4 Å². The largest absolute Gasteiger partial charge is 0.508 e. The molecule has 66 heavy (non-hydrogen) atoms. The molecule has 3 aromatic carbocycles. The Morgan fingerprint density at radius 2 is 1.36 bits per heavy atom. The van der Waals surface area contributed by atoms with Crippen LogP contribution in [0.3, 0.4) is 0 Å². The number of rotatable bonds is 22. The number of carbonyl (C=O) groups is 8. The number of aliphatic hydroxyl groups excluding tert-OH is 2. The van der Waals surface area contributed by atoms with E-state index < -0.39 is 109 Å². The van der Waals surface area contributed by atoms with Gasteiger partial charge in [0.25, 0.3) is 0 Å². The lowest BCUT2D eigenvalue weighted by Crippen LogP contribution is -2.62. The van der Waals surface area contributed by atoms with Gasteiger partial charge in [-0.15, -0.1) is 0 Å². The normalized spacial score (nSPS) is 16.7. The van der Waals surface area contributed by atoms with Crippen molar-refractivity contribution in [2.45, 2.75) is 93.8 Å². The molecular weight excluding hydrogens is 859 g/mol. The Morgan fingerprint density at radius 3 is 2.02 bits per heavy atom. The molecule has 2 heterocycles. The van der Waals surface area contributed by atoms with Crippen LogP contribution in [0.2, 0.25) is 0 Å². The summed E-state index contributed by atoms with van der Waals surface area (Å²) in [6, 6.07) is 11.2. The second-order valence-corrected chi connectivity index (χ2v) is 16.1. The molecule has 21 nitrogen and oxygen atoms in total. The van der Waals surface area contributed by atoms with Crippen molar-refractivity contribution in [3.63, 3.8) is 0 Å². The summed E-state index contributed by atoms with van der Waals surface area (Å²) in [5.41, 5.74) is 13.9. The number of H-pyrrole nitrogens is 1. The van der Waals surface area contributed by atoms with Crippen LogP contribution in [0.25, 0.3) is 10.9 Å². The zero-order chi connectivity index (χ0) is 48.1. The average molecular weight is 914 g/mol. The minimum absolute atomic E-state index is 0.0212. The predicted octanol–water partition coefficient (Wildman–Crippen LogP) is -2.02. The topological polar surface area (TPSA) is 349 Å². The number of likely N-dealkylation sites (tertiary alicyclic amines) is 1. The molecular formula is C45H55N9O12. The number of nitrogens with one attached hydrogen (secondary N) is 6. The number of amides is 7. The van der Waals surface area contributed by atoms with Crippen LogP contribution < -0.4 is 38.1 Å². The third-order valence-corrected chi connectivity index (χ3v) is 11.1. The number of primary amides is 1. The van der Waals surface area contributed by atoms with E-state index in [9.17, 15) is 58.8 Å². The number of aliphatic hydroxyl groups is 2. The molecule has 14 N–H and O–H groups in total. The monoisotopic (exact) mass is 913 g/mol. The van der Waals surface area contributed by atoms with E-state index in [0.29, 0.717) is 34.0 Å². The summed E-state index contributed by atoms with van der Waals surface area (Å²) in [6.07, 6.45) is -0.565. The van der Waals surface area contributed by atoms with Crippen LogP contribution in [0, 0.1) is 0 Å². The van der Waals surface area contributed by atoms with E-state index in [1.807, 2.05) is 0 Å². The van der Waals surface area contributed by atoms with Crippen molar-refractivity contribution in [3.05, 3.63) is 102 Å². The number of benzene rings is 3. The number of nitrogens with zero attached hydrogens (tertiary/aromatic N) is 1. The number of aliphatic carboxylic acids is 1. The van der Waals surface area contributed by atoms with E-state index in [-0.39, 0.29) is 38.0 Å². The highest BCUT2D eigenvalue weighted by molar-refractivity contribution is 5.98. The molecule has 0 spiro atoms. The molecule has 1 saturated heterocycles. The first-order chi connectivity index (χ1) is 31.4. The van der Waals surface area contributed by atoms with Crippen molar-refractivity contribution in [1.82, 2.24) is 36.5 Å². The second-order valence-electron chi connectivity index (χ2n) is 16.1. The second kappa shape index (κ2) is 23.0. The Hall–Kier alpha value is -7.36. The standard InChI is InChI=1S/C45H55N9O12/c1-24(56)38(43(63)50-33(21-37(47)58)40(60)51-34(45(65)66)19-25-8-3-2-4-9-25)53-41(61)32(20-27-22-48-31-11-6-5-10-29(27)31)49-42(62)36-12-7-17-54(36)44(64)35(23-55)52-39(59)30(46)18-26-13-15-28(57)16-14-26/h2-6,8-11,13-16,22,24,30,32-36,38,48,55-57H,7,12,17-21,23,46H2,1H3,(H2,47,58)(H,49,62)(H,50,63)(H,51,60)(H,52,59)(H,53,61)(H,65,66)/t24-,30+,32+,33+,34+,35+,36+,38+/m1/s1. The SMILES string of the molecule is C[C@@H](O)[C@H](NC(=O)[C@H](Cc1c[nH]c2ccccc12)NC(=O)[C@@H]1CCCN1C(=O)[C@H](CO)NC(=O)[C@@H](N)Cc1ccc(O)cc1)C(=O)N[C@@H](CC(N)=O)C(=O)N[C@@H](Cc1ccccc1)C(=O)O. The highest BCUT2D eigenvalue weighted by Gasteiger charge is 2.40. The summed E-state index contributed by atoms with van der Waals surface area (Å²) in [4.78, 5) is 111. The lowest BCUT2D eigenvalue weighted by atomic mass is 10.0. The Balaban J connectivity index is 1.32. The molecule has 5 rings (SSSR count). The van der Waals surface area contributed by atoms with Gasteiger partial charge in [-0.25, -0.2) is 4.79 Å². The van der Waals surface area contributed by atoms with Gasteiger partial charge in [0.1, 0.15) is 42.0 Å². The highest BCUT2D eigenvalue weighted by atomic mass is 16.4. The molecule has 8 atom stereocenters. The molecule has 0 saturated carbocycles. The van der Waals surface area contributed by atoms with E-state index in [2.05, 4.69) is 31.6 Å². The fraction of sp³-hybridized carbons (Fsp3) is 0.378. The van der Waals surface area contributed by atoms with Crippen LogP contribution in [0.15, 0.2) is 85.1 Å². The molecule has 0 aliphatic carbocycles. The number of carboxylic acid groups (broad SMARTS) is 1. The van der Waals surface area contributed by atoms with E-state index >= 15 is 0 Å². The van der Waals surface area contributed by atoms with Gasteiger partial charge in [0.15, 0.2) is 0 Å². The molecule has 1 aliphatic heterocycles. The van der Waals surface area contributed by atoms with Crippen LogP contribution in [0.1, 0.15) is 42.9 Å². The fourth-order valence-electron chi connectivity index (χ4n) is 7.60. The van der Waals surface area contributed by atoms with E-state index in [1.165, 1.54) is 24.0 Å². The number of carbonyl (C=O) groups excluding carboxylic acids is 7. The van der Waals surface area contributed by atoms with Crippen molar-refractivity contribution in [2.24, 2.45) is 11.5 Å². The minimum Gasteiger partial charge on any atom is -0.508 e. The zero-order valence-electron chi connectivity index (χ0n) is 36.0. The molecule has 0 radical (unpaired) electrons. The zero-order valence-corrected chi connectivity index (χ0v) is 36.0. The first-order valence-electron chi connectivity index (χ1n) is 21.2. The number of aromatic nitrogens is 1. The summed E-state index contributed by atoms with van der Waals surface area (Å²) < 4.78 is 0. The van der Waals surface area contributed by atoms with Gasteiger partial charge in [-0.2, -0.15) is 0 Å². The van der Waals surface area contributed by atoms with Crippen LogP contribution in [-0.4, -0.2) is 139 Å². The highest BCUT2D eigenvalue weighted by Crippen LogP contribution is 2.22. The van der Waals surface area contributed by atoms with E-state index in [1.54, 1.807) is 72.9 Å². The van der Waals surface area contributed by atoms with Crippen molar-refractivity contribution in [1.29, 1.82) is 0 Å². The number of phenolic OH excluding ortho intramolecular Hbond substituents is 1. The Kier molecular flexibility index (Phi) is 17.3. The van der Waals surface area contributed by atoms with Crippen LogP contribution >= 0.6 is 0 Å². The van der Waals surface area contributed by atoms with Gasteiger partial charge in [0, 0.05) is 36.5 Å². The Morgan fingerprint density at radius 1 is 0.742 bits per heavy atom. The molecule has 0 unspecified atom stereocenters. The number of nitrogens with two attached hydrogens (primary N) is 2. The third kappa shape index (κ3) is 13.3. The molecule has 4 aromatic rings. The van der Waals surface area contributed by atoms with Crippen LogP contribution in [0.5, 0.6) is 5.75 Å². The fourth-order valence-corrected chi connectivity index (χ4v) is 7.60. The quantitative estimate of drug-likeness (QED) is 0.0406. The molecule has 7 amide bonds. The van der Waals surface area contributed by atoms with Gasteiger partial charge in [0.05, 0.1) is 25.2 Å². The smallest absolute Gasteiger partial charge is 0.326 e. The molecule has 1 aromatic heterocycles. The van der Waals surface area contributed by atoms with E-state index in [4.69, 9.17) is 11.5 Å². The van der Waals surface area contributed by atoms with Gasteiger partial charge in [-0.1, -0.05) is 60.7 Å². The summed E-state index contributed by atoms with van der Waals surface area (Å²) in [5, 5.41) is 53.2. The number of fused-ring (bicyclic) bond motifs is 1. The number of hydrogen-bond donors (Lipinski definition) is 12. The summed E-state index contributed by atoms with van der Waals surface area (Å²) in [5.74, 6) is -7.95. The predicted molar refractivity (Wildman–Crippen MR) is 237 cm³/mol. The number of aromatic hydroxyl groups is 1. The maximum absolute atomic E-state index is 14.2. The lowest BCUT2D eigenvalue weighted by molar-refractivity contribution is -0.143. The number of para-hydroxylation sites is 1. The molecule has 0 bridgehead atoms. The van der Waals surface area contributed by atoms with Crippen molar-refractivity contribution in [3.8, 4) is 5.75 Å². The first-order valence-corrected chi connectivity index (χ1v) is 21.2. The molecule has 352 valence electrons. The average Bonchev–Trinajstić information content (AvgIpc) is 3.95. The maximum Gasteiger partial charge on any atom is 0.326 e. The van der Waals surface area contributed by atoms with Crippen LogP contribution in [0.4, 0.5) is 0 Å². The number of hydrogen-bond acceptors (Lipinski definition) is 12. The maximum atomic E-state index is 14.2. The van der Waals surface area contributed by atoms with Gasteiger partial charge < -0.3 is 68.4 Å². The summed E-state index contributed by atoms with van der Waals surface area (Å²) in [6.45, 7) is 0.400. The third-order valence-electron chi connectivity index (χ3n) is 11.1. The Bertz CT molecular complexity index is 2380. The number of phenols is 1. The number of aromatic amines is 1. The minimum atomic E-state index is -1.80. The lowest BCUT2D eigenvalue weighted by Gasteiger charge is -2.30. The summed E-state index contributed by atoms with van der Waals surface area (Å²) in [7, 11) is 0. The first kappa shape index (κ1) is 49.7. The van der Waals surface area contributed by atoms with Crippen molar-refractivity contribution < 1.29 is 58.8 Å². The molecule has 1 fully saturated rings. The van der Waals surface area contributed by atoms with Crippen molar-refractivity contribution >= 4 is 58.2 Å². The van der Waals surface area contributed by atoms with E-state index in [0.717, 1.165) is 0 Å². The van der Waals surface area contributed by atoms with Crippen LogP contribution in [-0.2, 0) is 57.6 Å². The number of carboxylic acids is 1. The van der Waals surface area contributed by atoms with Crippen molar-refractivity contribution in [2.75, 3.05) is 13.2 Å².